The van der Waals surface area contributed by atoms with Crippen LogP contribution in [0.2, 0.25) is 18.1 Å². The second kappa shape index (κ2) is 10.4. The standard InChI is InChI=1S/C19H32BrFN2O2SSi/c1-8-27(9-2,10-3)15-13-16(20)22-18(17(15)21)14(11-12-25-7)23-26(24)19(4,5)6/h13H,8-12H2,1-7H3/t26-/m0/s1. The average molecular weight is 480 g/mol. The van der Waals surface area contributed by atoms with Gasteiger partial charge in [-0.3, -0.25) is 0 Å². The number of hydrogen-bond acceptors (Lipinski definition) is 3. The van der Waals surface area contributed by atoms with Gasteiger partial charge in [-0.2, -0.15) is 4.40 Å². The molecule has 1 aromatic rings. The number of nitrogens with zero attached hydrogens (tertiary/aromatic N) is 2. The first kappa shape index (κ1) is 24.6. The number of methoxy groups -OCH3 is 1. The molecule has 0 aliphatic rings. The van der Waals surface area contributed by atoms with Crippen molar-refractivity contribution in [1.82, 2.24) is 4.98 Å². The molecule has 27 heavy (non-hydrogen) atoms. The summed E-state index contributed by atoms with van der Waals surface area (Å²) in [5.41, 5.74) is 0.595. The van der Waals surface area contributed by atoms with Crippen LogP contribution < -0.4 is 5.19 Å². The zero-order valence-electron chi connectivity index (χ0n) is 17.5. The van der Waals surface area contributed by atoms with Gasteiger partial charge in [-0.1, -0.05) is 38.9 Å². The Morgan fingerprint density at radius 3 is 2.30 bits per heavy atom. The number of aromatic nitrogens is 1. The highest BCUT2D eigenvalue weighted by Crippen LogP contribution is 2.25. The predicted octanol–water partition coefficient (Wildman–Crippen LogP) is 4.99. The van der Waals surface area contributed by atoms with Crippen LogP contribution in [0.1, 0.15) is 53.7 Å². The largest absolute Gasteiger partial charge is 0.384 e. The molecule has 0 aliphatic heterocycles. The molecule has 1 aromatic heterocycles. The van der Waals surface area contributed by atoms with E-state index >= 15 is 4.39 Å². The van der Waals surface area contributed by atoms with Crippen molar-refractivity contribution in [3.05, 3.63) is 22.2 Å². The molecule has 0 unspecified atom stereocenters. The molecule has 0 spiro atoms. The summed E-state index contributed by atoms with van der Waals surface area (Å²) in [6, 6.07) is 4.72. The van der Waals surface area contributed by atoms with Gasteiger partial charge in [0.2, 0.25) is 0 Å². The maximum Gasteiger partial charge on any atom is 0.150 e. The molecule has 4 nitrogen and oxygen atoms in total. The third kappa shape index (κ3) is 6.02. The first-order valence-corrected chi connectivity index (χ1v) is 13.9. The Balaban J connectivity index is 3.65. The molecule has 0 radical (unpaired) electrons. The van der Waals surface area contributed by atoms with Crippen LogP contribution in [0.4, 0.5) is 4.39 Å². The molecular weight excluding hydrogens is 447 g/mol. The molecule has 8 heteroatoms. The molecule has 0 fully saturated rings. The summed E-state index contributed by atoms with van der Waals surface area (Å²) in [4.78, 5) is 4.38. The van der Waals surface area contributed by atoms with E-state index in [1.807, 2.05) is 26.8 Å². The van der Waals surface area contributed by atoms with E-state index < -0.39 is 23.8 Å². The van der Waals surface area contributed by atoms with E-state index in [1.165, 1.54) is 0 Å². The lowest BCUT2D eigenvalue weighted by Crippen LogP contribution is -2.48. The lowest BCUT2D eigenvalue weighted by atomic mass is 10.2. The zero-order valence-corrected chi connectivity index (χ0v) is 20.9. The number of pyridine rings is 1. The summed E-state index contributed by atoms with van der Waals surface area (Å²) in [7, 11) is -1.88. The van der Waals surface area contributed by atoms with Crippen molar-refractivity contribution < 1.29 is 13.3 Å². The number of rotatable bonds is 9. The van der Waals surface area contributed by atoms with Crippen molar-refractivity contribution in [3.8, 4) is 0 Å². The third-order valence-electron chi connectivity index (χ3n) is 5.06. The van der Waals surface area contributed by atoms with Gasteiger partial charge in [0.15, 0.2) is 0 Å². The van der Waals surface area contributed by atoms with Crippen molar-refractivity contribution in [2.24, 2.45) is 4.40 Å². The Kier molecular flexibility index (Phi) is 9.44. The molecule has 0 aromatic carbocycles. The van der Waals surface area contributed by atoms with Crippen LogP contribution in [0.3, 0.4) is 0 Å². The van der Waals surface area contributed by atoms with E-state index in [-0.39, 0.29) is 11.5 Å². The number of halogens is 2. The minimum absolute atomic E-state index is 0.196. The maximum absolute atomic E-state index is 15.7. The molecule has 0 bridgehead atoms. The second-order valence-electron chi connectivity index (χ2n) is 7.64. The maximum atomic E-state index is 15.7. The molecule has 0 saturated heterocycles. The van der Waals surface area contributed by atoms with Crippen LogP contribution in [0.25, 0.3) is 0 Å². The summed E-state index contributed by atoms with van der Waals surface area (Å²) in [5.74, 6) is -0.309. The topological polar surface area (TPSA) is 51.6 Å². The van der Waals surface area contributed by atoms with Crippen LogP contribution in [-0.2, 0) is 15.7 Å². The van der Waals surface area contributed by atoms with Crippen molar-refractivity contribution in [2.45, 2.75) is 70.8 Å². The average Bonchev–Trinajstić information content (AvgIpc) is 2.62. The van der Waals surface area contributed by atoms with E-state index in [4.69, 9.17) is 4.74 Å². The van der Waals surface area contributed by atoms with Crippen molar-refractivity contribution in [1.29, 1.82) is 0 Å². The Labute approximate surface area is 175 Å². The molecule has 0 amide bonds. The first-order chi connectivity index (χ1) is 12.6. The van der Waals surface area contributed by atoms with Crippen molar-refractivity contribution in [2.75, 3.05) is 13.7 Å². The normalized spacial score (nSPS) is 14.5. The zero-order chi connectivity index (χ0) is 20.8. The van der Waals surface area contributed by atoms with Gasteiger partial charge in [0, 0.05) is 13.5 Å². The monoisotopic (exact) mass is 478 g/mol. The summed E-state index contributed by atoms with van der Waals surface area (Å²) in [6.07, 6.45) is 0.358. The van der Waals surface area contributed by atoms with Gasteiger partial charge in [0.25, 0.3) is 0 Å². The molecule has 1 heterocycles. The van der Waals surface area contributed by atoms with E-state index in [1.54, 1.807) is 7.11 Å². The van der Waals surface area contributed by atoms with Gasteiger partial charge >= 0.3 is 0 Å². The summed E-state index contributed by atoms with van der Waals surface area (Å²) >= 11 is 3.45. The second-order valence-corrected chi connectivity index (χ2v) is 15.6. The molecule has 1 atom stereocenters. The van der Waals surface area contributed by atoms with Crippen LogP contribution in [0.5, 0.6) is 0 Å². The molecular formula is C19H32BrFN2O2SSi. The van der Waals surface area contributed by atoms with Gasteiger partial charge in [0.05, 0.1) is 25.1 Å². The van der Waals surface area contributed by atoms with Crippen molar-refractivity contribution >= 4 is 45.9 Å². The fraction of sp³-hybridized carbons (Fsp3) is 0.684. The van der Waals surface area contributed by atoms with Crippen LogP contribution in [0, 0.1) is 5.82 Å². The first-order valence-electron chi connectivity index (χ1n) is 9.41. The smallest absolute Gasteiger partial charge is 0.150 e. The molecule has 0 N–H and O–H groups in total. The van der Waals surface area contributed by atoms with Gasteiger partial charge in [-0.05, 0) is 48.0 Å². The third-order valence-corrected chi connectivity index (χ3v) is 12.5. The fourth-order valence-corrected chi connectivity index (χ4v) is 7.98. The van der Waals surface area contributed by atoms with Gasteiger partial charge in [-0.15, -0.1) is 0 Å². The Morgan fingerprint density at radius 2 is 1.85 bits per heavy atom. The summed E-state index contributed by atoms with van der Waals surface area (Å²) in [6.45, 7) is 12.3. The molecule has 0 saturated carbocycles. The van der Waals surface area contributed by atoms with Gasteiger partial charge in [0.1, 0.15) is 27.1 Å². The lowest BCUT2D eigenvalue weighted by molar-refractivity contribution is 0.207. The van der Waals surface area contributed by atoms with Crippen LogP contribution in [0.15, 0.2) is 15.1 Å². The molecule has 154 valence electrons. The SMILES string of the molecule is CC[Si](CC)(CC)c1cc(Br)nc(C(CCOC)=N[S@@](=O)C(C)(C)C)c1F. The van der Waals surface area contributed by atoms with E-state index in [9.17, 15) is 4.21 Å². The molecule has 0 aliphatic carbocycles. The number of hydrogen-bond donors (Lipinski definition) is 0. The summed E-state index contributed by atoms with van der Waals surface area (Å²) in [5, 5.41) is 0.776. The predicted molar refractivity (Wildman–Crippen MR) is 120 cm³/mol. The van der Waals surface area contributed by atoms with Gasteiger partial charge in [-0.25, -0.2) is 13.6 Å². The van der Waals surface area contributed by atoms with Crippen LogP contribution >= 0.6 is 15.9 Å². The highest BCUT2D eigenvalue weighted by Gasteiger charge is 2.34. The highest BCUT2D eigenvalue weighted by molar-refractivity contribution is 9.10. The Bertz CT molecular complexity index is 695. The van der Waals surface area contributed by atoms with Gasteiger partial charge < -0.3 is 4.74 Å². The summed E-state index contributed by atoms with van der Waals surface area (Å²) < 4.78 is 37.8. The highest BCUT2D eigenvalue weighted by atomic mass is 79.9. The molecule has 1 rings (SSSR count). The van der Waals surface area contributed by atoms with E-state index in [2.05, 4.69) is 46.1 Å². The Morgan fingerprint density at radius 1 is 1.30 bits per heavy atom. The Hall–Kier alpha value is -0.443. The minimum atomic E-state index is -1.96. The van der Waals surface area contributed by atoms with Crippen LogP contribution in [-0.4, -0.2) is 41.4 Å². The van der Waals surface area contributed by atoms with Crippen molar-refractivity contribution in [3.63, 3.8) is 0 Å². The van der Waals surface area contributed by atoms with E-state index in [0.717, 1.165) is 23.3 Å². The lowest BCUT2D eigenvalue weighted by Gasteiger charge is -2.29. The van der Waals surface area contributed by atoms with E-state index in [0.29, 0.717) is 23.3 Å². The number of ether oxygens (including phenoxy) is 1. The minimum Gasteiger partial charge on any atom is -0.384 e. The quantitative estimate of drug-likeness (QED) is 0.285. The fourth-order valence-electron chi connectivity index (χ4n) is 3.04.